The number of ether oxygens (including phenoxy) is 1. The predicted octanol–water partition coefficient (Wildman–Crippen LogP) is 7.00. The summed E-state index contributed by atoms with van der Waals surface area (Å²) in [5.41, 5.74) is 9.93. The predicted molar refractivity (Wildman–Crippen MR) is 159 cm³/mol. The molecule has 5 heteroatoms. The van der Waals surface area contributed by atoms with Crippen LogP contribution >= 0.6 is 15.9 Å². The van der Waals surface area contributed by atoms with Gasteiger partial charge in [0.2, 0.25) is 0 Å². The molecule has 1 unspecified atom stereocenters. The molecule has 1 heterocycles. The van der Waals surface area contributed by atoms with Gasteiger partial charge in [-0.25, -0.2) is 0 Å². The van der Waals surface area contributed by atoms with Crippen LogP contribution < -0.4 is 15.4 Å². The highest BCUT2D eigenvalue weighted by atomic mass is 79.9. The lowest BCUT2D eigenvalue weighted by molar-refractivity contribution is -0.122. The van der Waals surface area contributed by atoms with Crippen molar-refractivity contribution in [2.75, 3.05) is 12.0 Å². The zero-order chi connectivity index (χ0) is 27.0. The Hall–Kier alpha value is -4.19. The minimum Gasteiger partial charge on any atom is -0.497 e. The highest BCUT2D eigenvalue weighted by molar-refractivity contribution is 9.10. The fourth-order valence-electron chi connectivity index (χ4n) is 5.81. The van der Waals surface area contributed by atoms with Crippen molar-refractivity contribution in [1.29, 1.82) is 0 Å². The Labute approximate surface area is 236 Å². The maximum Gasteiger partial charge on any atom is 0.257 e. The second kappa shape index (κ2) is 9.84. The van der Waals surface area contributed by atoms with Crippen molar-refractivity contribution in [3.63, 3.8) is 0 Å². The minimum absolute atomic E-state index is 0.211. The number of fused-ring (bicyclic) bond motifs is 1. The second-order valence-corrected chi connectivity index (χ2v) is 10.6. The summed E-state index contributed by atoms with van der Waals surface area (Å²) in [7, 11) is 1.62. The molecule has 1 aliphatic heterocycles. The molecule has 0 saturated heterocycles. The van der Waals surface area contributed by atoms with Crippen LogP contribution in [0.4, 0.5) is 5.69 Å². The largest absolute Gasteiger partial charge is 0.497 e. The van der Waals surface area contributed by atoms with E-state index in [4.69, 9.17) is 10.5 Å². The molecule has 1 atom stereocenters. The van der Waals surface area contributed by atoms with Crippen molar-refractivity contribution < 1.29 is 9.53 Å². The molecule has 0 aromatic heterocycles. The number of benzene rings is 5. The summed E-state index contributed by atoms with van der Waals surface area (Å²) >= 11 is 3.63. The Morgan fingerprint density at radius 2 is 1.21 bits per heavy atom. The summed E-state index contributed by atoms with van der Waals surface area (Å²) in [4.78, 5) is 17.0. The Bertz CT molecular complexity index is 1530. The van der Waals surface area contributed by atoms with Gasteiger partial charge in [0.1, 0.15) is 16.8 Å². The Kier molecular flexibility index (Phi) is 6.34. The van der Waals surface area contributed by atoms with E-state index in [2.05, 4.69) is 52.3 Å². The summed E-state index contributed by atoms with van der Waals surface area (Å²) in [5.74, 6) is 0.489. The summed E-state index contributed by atoms with van der Waals surface area (Å²) < 4.78 is 6.24. The zero-order valence-electron chi connectivity index (χ0n) is 21.4. The average molecular weight is 576 g/mol. The fraction of sp³-hybridized carbons (Fsp3) is 0.0882. The number of carbonyl (C=O) groups is 1. The van der Waals surface area contributed by atoms with Gasteiger partial charge >= 0.3 is 0 Å². The third-order valence-electron chi connectivity index (χ3n) is 7.62. The molecule has 0 fully saturated rings. The van der Waals surface area contributed by atoms with E-state index in [1.165, 1.54) is 0 Å². The lowest BCUT2D eigenvalue weighted by atomic mass is 9.75. The van der Waals surface area contributed by atoms with Crippen molar-refractivity contribution in [2.45, 2.75) is 11.1 Å². The van der Waals surface area contributed by atoms with Crippen LogP contribution in [0.2, 0.25) is 0 Å². The lowest BCUT2D eigenvalue weighted by Crippen LogP contribution is -2.56. The Balaban J connectivity index is 1.72. The van der Waals surface area contributed by atoms with Crippen LogP contribution in [-0.4, -0.2) is 13.0 Å². The van der Waals surface area contributed by atoms with Crippen LogP contribution in [0.25, 0.3) is 0 Å². The first-order valence-electron chi connectivity index (χ1n) is 12.8. The number of carbonyl (C=O) groups excluding carboxylic acids is 1. The number of nitrogens with zero attached hydrogens (tertiary/aromatic N) is 1. The molecule has 2 N–H and O–H groups in total. The number of anilines is 1. The number of amides is 1. The molecule has 0 bridgehead atoms. The van der Waals surface area contributed by atoms with Crippen LogP contribution in [0.15, 0.2) is 138 Å². The smallest absolute Gasteiger partial charge is 0.257 e. The van der Waals surface area contributed by atoms with Crippen molar-refractivity contribution in [2.24, 2.45) is 5.73 Å². The van der Waals surface area contributed by atoms with Gasteiger partial charge in [-0.15, -0.1) is 0 Å². The van der Waals surface area contributed by atoms with Gasteiger partial charge in [-0.05, 0) is 52.6 Å². The van der Waals surface area contributed by atoms with Gasteiger partial charge < -0.3 is 10.5 Å². The molecule has 5 aromatic carbocycles. The van der Waals surface area contributed by atoms with Gasteiger partial charge in [0.05, 0.1) is 12.8 Å². The van der Waals surface area contributed by atoms with Crippen molar-refractivity contribution in [3.05, 3.63) is 166 Å². The van der Waals surface area contributed by atoms with Crippen molar-refractivity contribution >= 4 is 27.5 Å². The van der Waals surface area contributed by atoms with E-state index < -0.39 is 11.1 Å². The molecule has 0 radical (unpaired) electrons. The summed E-state index contributed by atoms with van der Waals surface area (Å²) in [5, 5.41) is 0. The van der Waals surface area contributed by atoms with E-state index in [1.807, 2.05) is 102 Å². The number of methoxy groups -OCH3 is 1. The maximum atomic E-state index is 15.1. The first kappa shape index (κ1) is 25.1. The molecular formula is C34H27BrN2O2. The third kappa shape index (κ3) is 3.81. The van der Waals surface area contributed by atoms with E-state index >= 15 is 4.79 Å². The highest BCUT2D eigenvalue weighted by Crippen LogP contribution is 2.53. The number of nitrogens with two attached hydrogens (primary N) is 1. The standard InChI is InChI=1S/C34H27BrN2O2/c1-39-29-20-17-24(18-21-29)33(36)30-23-28(35)19-22-31(30)37(32(33)38)34(25-11-5-2-6-12-25,26-13-7-3-8-14-26)27-15-9-4-10-16-27/h2-23H,36H2,1H3. The molecule has 1 amide bonds. The van der Waals surface area contributed by atoms with Crippen LogP contribution in [0, 0.1) is 0 Å². The number of hydrogen-bond donors (Lipinski definition) is 1. The van der Waals surface area contributed by atoms with Crippen LogP contribution in [0.5, 0.6) is 5.75 Å². The van der Waals surface area contributed by atoms with E-state index in [0.717, 1.165) is 32.4 Å². The topological polar surface area (TPSA) is 55.6 Å². The summed E-state index contributed by atoms with van der Waals surface area (Å²) in [6, 6.07) is 43.9. The molecule has 6 rings (SSSR count). The highest BCUT2D eigenvalue weighted by Gasteiger charge is 2.57. The molecular weight excluding hydrogens is 548 g/mol. The first-order chi connectivity index (χ1) is 19.0. The normalized spacial score (nSPS) is 16.7. The first-order valence-corrected chi connectivity index (χ1v) is 13.5. The van der Waals surface area contributed by atoms with Crippen LogP contribution in [0.1, 0.15) is 27.8 Å². The molecule has 39 heavy (non-hydrogen) atoms. The Morgan fingerprint density at radius 3 is 1.67 bits per heavy atom. The van der Waals surface area contributed by atoms with E-state index in [9.17, 15) is 0 Å². The molecule has 0 aliphatic carbocycles. The van der Waals surface area contributed by atoms with E-state index in [1.54, 1.807) is 7.11 Å². The molecule has 0 spiro atoms. The van der Waals surface area contributed by atoms with Gasteiger partial charge in [-0.1, -0.05) is 119 Å². The van der Waals surface area contributed by atoms with Gasteiger partial charge in [-0.3, -0.25) is 9.69 Å². The van der Waals surface area contributed by atoms with Gasteiger partial charge in [0, 0.05) is 10.0 Å². The van der Waals surface area contributed by atoms with Crippen LogP contribution in [0.3, 0.4) is 0 Å². The lowest BCUT2D eigenvalue weighted by Gasteiger charge is -2.44. The molecule has 4 nitrogen and oxygen atoms in total. The summed E-state index contributed by atoms with van der Waals surface area (Å²) in [6.45, 7) is 0. The second-order valence-electron chi connectivity index (χ2n) is 9.65. The maximum absolute atomic E-state index is 15.1. The average Bonchev–Trinajstić information content (AvgIpc) is 3.22. The Morgan fingerprint density at radius 1 is 0.718 bits per heavy atom. The van der Waals surface area contributed by atoms with Gasteiger partial charge in [0.15, 0.2) is 0 Å². The van der Waals surface area contributed by atoms with Gasteiger partial charge in [-0.2, -0.15) is 0 Å². The molecule has 5 aromatic rings. The number of rotatable bonds is 6. The third-order valence-corrected chi connectivity index (χ3v) is 8.11. The van der Waals surface area contributed by atoms with E-state index in [0.29, 0.717) is 11.3 Å². The molecule has 192 valence electrons. The number of halogens is 1. The molecule has 0 saturated carbocycles. The fourth-order valence-corrected chi connectivity index (χ4v) is 6.17. The zero-order valence-corrected chi connectivity index (χ0v) is 23.0. The van der Waals surface area contributed by atoms with Crippen molar-refractivity contribution in [3.8, 4) is 5.75 Å². The van der Waals surface area contributed by atoms with Gasteiger partial charge in [0.25, 0.3) is 5.91 Å². The van der Waals surface area contributed by atoms with E-state index in [-0.39, 0.29) is 5.91 Å². The number of hydrogen-bond acceptors (Lipinski definition) is 3. The quantitative estimate of drug-likeness (QED) is 0.222. The minimum atomic E-state index is -1.42. The van der Waals surface area contributed by atoms with Crippen LogP contribution in [-0.2, 0) is 15.9 Å². The van der Waals surface area contributed by atoms with Crippen molar-refractivity contribution in [1.82, 2.24) is 0 Å². The SMILES string of the molecule is COc1ccc(C2(N)C(=O)N(C(c3ccccc3)(c3ccccc3)c3ccccc3)c3ccc(Br)cc32)cc1. The monoisotopic (exact) mass is 574 g/mol. The molecule has 1 aliphatic rings. The summed E-state index contributed by atoms with van der Waals surface area (Å²) in [6.07, 6.45) is 0.